The van der Waals surface area contributed by atoms with E-state index in [1.165, 1.54) is 11.3 Å². The van der Waals surface area contributed by atoms with Crippen LogP contribution in [0.1, 0.15) is 36.1 Å². The maximum atomic E-state index is 12.2. The second kappa shape index (κ2) is 7.07. The van der Waals surface area contributed by atoms with Gasteiger partial charge >= 0.3 is 5.97 Å². The van der Waals surface area contributed by atoms with Crippen molar-refractivity contribution in [2.45, 2.75) is 25.7 Å². The Hall–Kier alpha value is -1.66. The minimum Gasteiger partial charge on any atom is -0.481 e. The normalized spacial score (nSPS) is 13.4. The van der Waals surface area contributed by atoms with Gasteiger partial charge in [-0.15, -0.1) is 11.3 Å². The number of benzene rings is 1. The number of aliphatic carboxylic acids is 1. The summed E-state index contributed by atoms with van der Waals surface area (Å²) >= 11 is 4.92. The minimum atomic E-state index is -0.867. The molecular formula is C16H16BrNO3S. The van der Waals surface area contributed by atoms with Gasteiger partial charge in [-0.2, -0.15) is 0 Å². The number of carbonyl (C=O) groups is 2. The van der Waals surface area contributed by atoms with Crippen LogP contribution in [0.25, 0.3) is 0 Å². The standard InChI is InChI=1S/C16H16BrNO3S/c1-9(16(20)21)11-3-5-12(6-4-11)18-15(19)10(2)13-7-8-14(17)22-13/h3-10H,1-2H3,(H,18,19)(H,20,21). The first-order chi connectivity index (χ1) is 10.4. The number of hydrogen-bond acceptors (Lipinski definition) is 3. The predicted octanol–water partition coefficient (Wildman–Crippen LogP) is 4.44. The molecule has 0 saturated carbocycles. The highest BCUT2D eigenvalue weighted by molar-refractivity contribution is 9.11. The second-order valence-corrected chi connectivity index (χ2v) is 7.53. The second-order valence-electron chi connectivity index (χ2n) is 5.03. The Balaban J connectivity index is 2.04. The topological polar surface area (TPSA) is 66.4 Å². The van der Waals surface area contributed by atoms with E-state index in [0.717, 1.165) is 8.66 Å². The number of hydrogen-bond donors (Lipinski definition) is 2. The molecule has 0 radical (unpaired) electrons. The molecule has 2 rings (SSSR count). The van der Waals surface area contributed by atoms with Gasteiger partial charge in [-0.05, 0) is 59.6 Å². The lowest BCUT2D eigenvalue weighted by Gasteiger charge is -2.12. The Labute approximate surface area is 141 Å². The smallest absolute Gasteiger partial charge is 0.310 e. The molecule has 0 aliphatic rings. The molecule has 1 amide bonds. The molecular weight excluding hydrogens is 366 g/mol. The van der Waals surface area contributed by atoms with E-state index in [1.807, 2.05) is 19.1 Å². The first-order valence-corrected chi connectivity index (χ1v) is 8.38. The Morgan fingerprint density at radius 1 is 1.09 bits per heavy atom. The number of carbonyl (C=O) groups excluding carboxylic acids is 1. The van der Waals surface area contributed by atoms with Crippen LogP contribution in [0.15, 0.2) is 40.2 Å². The third kappa shape index (κ3) is 3.96. The Morgan fingerprint density at radius 3 is 2.23 bits per heavy atom. The molecule has 2 atom stereocenters. The summed E-state index contributed by atoms with van der Waals surface area (Å²) < 4.78 is 0.995. The summed E-state index contributed by atoms with van der Waals surface area (Å²) in [4.78, 5) is 24.2. The monoisotopic (exact) mass is 381 g/mol. The zero-order chi connectivity index (χ0) is 16.3. The Morgan fingerprint density at radius 2 is 1.73 bits per heavy atom. The summed E-state index contributed by atoms with van der Waals surface area (Å²) in [5, 5.41) is 11.8. The molecule has 4 nitrogen and oxygen atoms in total. The number of anilines is 1. The molecule has 0 spiro atoms. The number of carboxylic acids is 1. The van der Waals surface area contributed by atoms with Crippen LogP contribution in [0, 0.1) is 0 Å². The van der Waals surface area contributed by atoms with Crippen LogP contribution in [-0.2, 0) is 9.59 Å². The first-order valence-electron chi connectivity index (χ1n) is 6.77. The van der Waals surface area contributed by atoms with Gasteiger partial charge < -0.3 is 10.4 Å². The lowest BCUT2D eigenvalue weighted by atomic mass is 10.0. The van der Waals surface area contributed by atoms with Gasteiger partial charge in [0.25, 0.3) is 0 Å². The SMILES string of the molecule is CC(C(=O)O)c1ccc(NC(=O)C(C)c2ccc(Br)s2)cc1. The summed E-state index contributed by atoms with van der Waals surface area (Å²) in [7, 11) is 0. The molecule has 0 fully saturated rings. The molecule has 22 heavy (non-hydrogen) atoms. The molecule has 6 heteroatoms. The van der Waals surface area contributed by atoms with E-state index >= 15 is 0 Å². The quantitative estimate of drug-likeness (QED) is 0.804. The summed E-state index contributed by atoms with van der Waals surface area (Å²) in [6.45, 7) is 3.49. The summed E-state index contributed by atoms with van der Waals surface area (Å²) in [6, 6.07) is 10.7. The van der Waals surface area contributed by atoms with Crippen molar-refractivity contribution in [3.8, 4) is 0 Å². The summed E-state index contributed by atoms with van der Waals surface area (Å²) in [5.74, 6) is -1.76. The van der Waals surface area contributed by atoms with Crippen LogP contribution in [-0.4, -0.2) is 17.0 Å². The van der Waals surface area contributed by atoms with Crippen LogP contribution < -0.4 is 5.32 Å². The van der Waals surface area contributed by atoms with Gasteiger partial charge in [0.05, 0.1) is 15.6 Å². The van der Waals surface area contributed by atoms with Crippen molar-refractivity contribution in [3.05, 3.63) is 50.6 Å². The lowest BCUT2D eigenvalue weighted by Crippen LogP contribution is -2.18. The van der Waals surface area contributed by atoms with Crippen molar-refractivity contribution in [3.63, 3.8) is 0 Å². The van der Waals surface area contributed by atoms with Crippen molar-refractivity contribution >= 4 is 44.8 Å². The van der Waals surface area contributed by atoms with E-state index in [-0.39, 0.29) is 11.8 Å². The van der Waals surface area contributed by atoms with Gasteiger partial charge in [-0.1, -0.05) is 12.1 Å². The van der Waals surface area contributed by atoms with Gasteiger partial charge in [-0.3, -0.25) is 9.59 Å². The molecule has 1 heterocycles. The van der Waals surface area contributed by atoms with Crippen LogP contribution in [0.4, 0.5) is 5.69 Å². The van der Waals surface area contributed by atoms with Gasteiger partial charge in [0, 0.05) is 10.6 Å². The number of nitrogens with one attached hydrogen (secondary N) is 1. The van der Waals surface area contributed by atoms with Gasteiger partial charge in [-0.25, -0.2) is 0 Å². The van der Waals surface area contributed by atoms with E-state index in [4.69, 9.17) is 5.11 Å². The van der Waals surface area contributed by atoms with Crippen molar-refractivity contribution in [2.24, 2.45) is 0 Å². The maximum Gasteiger partial charge on any atom is 0.310 e. The highest BCUT2D eigenvalue weighted by Gasteiger charge is 2.18. The molecule has 116 valence electrons. The first kappa shape index (κ1) is 16.7. The van der Waals surface area contributed by atoms with Crippen LogP contribution in [0.5, 0.6) is 0 Å². The third-order valence-corrected chi connectivity index (χ3v) is 5.27. The van der Waals surface area contributed by atoms with Crippen LogP contribution in [0.3, 0.4) is 0 Å². The molecule has 0 bridgehead atoms. The maximum absolute atomic E-state index is 12.2. The van der Waals surface area contributed by atoms with Crippen molar-refractivity contribution in [1.82, 2.24) is 0 Å². The molecule has 1 aromatic carbocycles. The average Bonchev–Trinajstić information content (AvgIpc) is 2.92. The van der Waals surface area contributed by atoms with Crippen LogP contribution >= 0.6 is 27.3 Å². The number of thiophene rings is 1. The Bertz CT molecular complexity index is 681. The molecule has 1 aromatic heterocycles. The van der Waals surface area contributed by atoms with Crippen molar-refractivity contribution in [1.29, 1.82) is 0 Å². The fourth-order valence-electron chi connectivity index (χ4n) is 1.94. The third-order valence-electron chi connectivity index (χ3n) is 3.46. The molecule has 2 N–H and O–H groups in total. The highest BCUT2D eigenvalue weighted by atomic mass is 79.9. The van der Waals surface area contributed by atoms with Gasteiger partial charge in [0.2, 0.25) is 5.91 Å². The fourth-order valence-corrected chi connectivity index (χ4v) is 3.41. The summed E-state index contributed by atoms with van der Waals surface area (Å²) in [6.07, 6.45) is 0. The number of amides is 1. The van der Waals surface area contributed by atoms with E-state index in [1.54, 1.807) is 31.2 Å². The minimum absolute atomic E-state index is 0.0895. The van der Waals surface area contributed by atoms with E-state index in [0.29, 0.717) is 11.3 Å². The number of carboxylic acid groups (broad SMARTS) is 1. The zero-order valence-electron chi connectivity index (χ0n) is 12.2. The Kier molecular flexibility index (Phi) is 5.37. The van der Waals surface area contributed by atoms with Crippen molar-refractivity contribution in [2.75, 3.05) is 5.32 Å². The van der Waals surface area contributed by atoms with Crippen LogP contribution in [0.2, 0.25) is 0 Å². The molecule has 2 unspecified atom stereocenters. The van der Waals surface area contributed by atoms with Crippen molar-refractivity contribution < 1.29 is 14.7 Å². The average molecular weight is 382 g/mol. The molecule has 0 saturated heterocycles. The molecule has 2 aromatic rings. The van der Waals surface area contributed by atoms with Gasteiger partial charge in [0.1, 0.15) is 0 Å². The van der Waals surface area contributed by atoms with E-state index in [2.05, 4.69) is 21.2 Å². The highest BCUT2D eigenvalue weighted by Crippen LogP contribution is 2.29. The molecule has 0 aliphatic carbocycles. The molecule has 0 aliphatic heterocycles. The number of halogens is 1. The predicted molar refractivity (Wildman–Crippen MR) is 91.6 cm³/mol. The fraction of sp³-hybridized carbons (Fsp3) is 0.250. The number of rotatable bonds is 5. The van der Waals surface area contributed by atoms with E-state index < -0.39 is 11.9 Å². The van der Waals surface area contributed by atoms with E-state index in [9.17, 15) is 9.59 Å². The summed E-state index contributed by atoms with van der Waals surface area (Å²) in [5.41, 5.74) is 1.37. The van der Waals surface area contributed by atoms with Gasteiger partial charge in [0.15, 0.2) is 0 Å². The zero-order valence-corrected chi connectivity index (χ0v) is 14.6. The lowest BCUT2D eigenvalue weighted by molar-refractivity contribution is -0.138. The largest absolute Gasteiger partial charge is 0.481 e.